The molecule has 322 valence electrons. The van der Waals surface area contributed by atoms with Crippen molar-refractivity contribution in [1.29, 1.82) is 0 Å². The van der Waals surface area contributed by atoms with Crippen molar-refractivity contribution in [2.24, 2.45) is 5.92 Å². The SMILES string of the molecule is [2H]C1([2H])N(CC2CCN(Cc3ccc(Nc4ncc(F)c(-c5cc(F)c6nc(C)n(C(C)C)c6c5)n4)nc3)CC2)C([2H])([2H])C([2H])([2H])N(c2cc(F)c3c(c2)C(=O)N(C2CCC(=O)NC2=O)C3=O)C1([2H])[2H]. The van der Waals surface area contributed by atoms with E-state index in [4.69, 9.17) is 11.0 Å². The molecule has 1 atom stereocenters. The third-order valence-electron chi connectivity index (χ3n) is 11.4. The summed E-state index contributed by atoms with van der Waals surface area (Å²) >= 11 is 0. The van der Waals surface area contributed by atoms with Crippen LogP contribution in [0.4, 0.5) is 30.6 Å². The molecule has 0 aliphatic carbocycles. The number of imidazole rings is 1. The first-order valence-corrected chi connectivity index (χ1v) is 20.1. The normalized spacial score (nSPS) is 24.4. The highest BCUT2D eigenvalue weighted by atomic mass is 19.1. The molecule has 9 rings (SSSR count). The summed E-state index contributed by atoms with van der Waals surface area (Å²) in [6.07, 6.45) is 2.97. The summed E-state index contributed by atoms with van der Waals surface area (Å²) in [6.45, 7) is -6.74. The van der Waals surface area contributed by atoms with Gasteiger partial charge in [-0.25, -0.2) is 33.1 Å². The third kappa shape index (κ3) is 7.88. The van der Waals surface area contributed by atoms with Gasteiger partial charge in [-0.3, -0.25) is 39.2 Å². The maximum atomic E-state index is 15.9. The molecule has 0 saturated carbocycles. The number of fused-ring (bicyclic) bond motifs is 2. The zero-order valence-electron chi connectivity index (χ0n) is 41.8. The number of rotatable bonds is 10. The maximum absolute atomic E-state index is 15.9. The number of hydrogen-bond acceptors (Lipinski definition) is 12. The number of carbonyl (C=O) groups is 4. The van der Waals surface area contributed by atoms with Crippen LogP contribution < -0.4 is 15.5 Å². The van der Waals surface area contributed by atoms with Gasteiger partial charge in [-0.2, -0.15) is 0 Å². The van der Waals surface area contributed by atoms with E-state index < -0.39 is 102 Å². The number of nitrogens with zero attached hydrogens (tertiary/aromatic N) is 9. The molecule has 4 aliphatic rings. The number of aryl methyl sites for hydroxylation is 1. The van der Waals surface area contributed by atoms with E-state index in [0.717, 1.165) is 17.8 Å². The molecule has 15 nitrogen and oxygen atoms in total. The van der Waals surface area contributed by atoms with E-state index in [1.807, 2.05) is 29.8 Å². The molecule has 2 N–H and O–H groups in total. The van der Waals surface area contributed by atoms with Crippen molar-refractivity contribution in [1.82, 2.24) is 44.5 Å². The molecule has 18 heteroatoms. The van der Waals surface area contributed by atoms with Crippen molar-refractivity contribution < 1.29 is 43.3 Å². The molecule has 5 aromatic rings. The lowest BCUT2D eigenvalue weighted by Crippen LogP contribution is -2.54. The smallest absolute Gasteiger partial charge is 0.265 e. The van der Waals surface area contributed by atoms with Crippen LogP contribution in [-0.2, 0) is 16.1 Å². The van der Waals surface area contributed by atoms with Crippen LogP contribution in [-0.4, -0.2) is 114 Å². The van der Waals surface area contributed by atoms with Gasteiger partial charge in [0.05, 0.1) is 28.3 Å². The molecule has 3 aromatic heterocycles. The number of aromatic nitrogens is 5. The second kappa shape index (κ2) is 16.5. The van der Waals surface area contributed by atoms with E-state index in [0.29, 0.717) is 65.5 Å². The van der Waals surface area contributed by atoms with Gasteiger partial charge in [0.15, 0.2) is 11.6 Å². The summed E-state index contributed by atoms with van der Waals surface area (Å²) in [5, 5.41) is 4.98. The fraction of sp³-hybridized carbons (Fsp3) is 0.409. The summed E-state index contributed by atoms with van der Waals surface area (Å²) in [4.78, 5) is 71.5. The summed E-state index contributed by atoms with van der Waals surface area (Å²) in [7, 11) is 0. The molecule has 0 bridgehead atoms. The Morgan fingerprint density at radius 1 is 0.871 bits per heavy atom. The highest BCUT2D eigenvalue weighted by Crippen LogP contribution is 2.34. The molecule has 2 aromatic carbocycles. The lowest BCUT2D eigenvalue weighted by Gasteiger charge is -2.39. The van der Waals surface area contributed by atoms with Crippen molar-refractivity contribution in [3.8, 4) is 11.3 Å². The predicted molar refractivity (Wildman–Crippen MR) is 223 cm³/mol. The van der Waals surface area contributed by atoms with Gasteiger partial charge in [0.1, 0.15) is 34.7 Å². The number of anilines is 3. The fourth-order valence-corrected chi connectivity index (χ4v) is 8.40. The highest BCUT2D eigenvalue weighted by Gasteiger charge is 2.46. The Balaban J connectivity index is 0.851. The molecule has 4 amide bonds. The number of halogens is 3. The molecule has 3 saturated heterocycles. The van der Waals surface area contributed by atoms with Crippen molar-refractivity contribution >= 4 is 52.1 Å². The summed E-state index contributed by atoms with van der Waals surface area (Å²) in [5.41, 5.74) is -0.638. The fourth-order valence-electron chi connectivity index (χ4n) is 8.40. The average molecular weight is 858 g/mol. The number of piperazine rings is 1. The van der Waals surface area contributed by atoms with E-state index in [-0.39, 0.29) is 46.5 Å². The van der Waals surface area contributed by atoms with Gasteiger partial charge in [-0.15, -0.1) is 0 Å². The van der Waals surface area contributed by atoms with Gasteiger partial charge < -0.3 is 14.8 Å². The Hall–Kier alpha value is -6.27. The lowest BCUT2D eigenvalue weighted by molar-refractivity contribution is -0.136. The molecule has 0 radical (unpaired) electrons. The Kier molecular flexibility index (Phi) is 8.66. The van der Waals surface area contributed by atoms with E-state index in [9.17, 15) is 19.2 Å². The summed E-state index contributed by atoms with van der Waals surface area (Å²) < 4.78 is 120. The number of benzene rings is 2. The maximum Gasteiger partial charge on any atom is 0.265 e. The van der Waals surface area contributed by atoms with E-state index in [1.54, 1.807) is 25.3 Å². The molecule has 4 aliphatic heterocycles. The van der Waals surface area contributed by atoms with Crippen LogP contribution in [0.1, 0.15) is 88.6 Å². The number of pyridine rings is 1. The van der Waals surface area contributed by atoms with E-state index in [1.165, 1.54) is 6.07 Å². The first-order chi connectivity index (χ1) is 32.8. The number of nitrogens with one attached hydrogen (secondary N) is 2. The van der Waals surface area contributed by atoms with E-state index in [2.05, 4.69) is 30.2 Å². The zero-order valence-corrected chi connectivity index (χ0v) is 33.8. The van der Waals surface area contributed by atoms with Gasteiger partial charge in [-0.05, 0) is 94.9 Å². The average Bonchev–Trinajstić information content (AvgIpc) is 3.75. The molecule has 62 heavy (non-hydrogen) atoms. The second-order valence-corrected chi connectivity index (χ2v) is 15.9. The van der Waals surface area contributed by atoms with Gasteiger partial charge in [0.2, 0.25) is 17.8 Å². The quantitative estimate of drug-likeness (QED) is 0.173. The monoisotopic (exact) mass is 857 g/mol. The molecular weight excluding hydrogens is 804 g/mol. The number of imide groups is 2. The Morgan fingerprint density at radius 3 is 2.35 bits per heavy atom. The van der Waals surface area contributed by atoms with Gasteiger partial charge in [0.25, 0.3) is 11.8 Å². The first-order valence-electron chi connectivity index (χ1n) is 24.1. The van der Waals surface area contributed by atoms with E-state index >= 15 is 13.2 Å². The number of carbonyl (C=O) groups excluding carboxylic acids is 4. The summed E-state index contributed by atoms with van der Waals surface area (Å²) in [6, 6.07) is 6.13. The third-order valence-corrected chi connectivity index (χ3v) is 11.4. The molecular formula is C44H46F3N11O4. The van der Waals surface area contributed by atoms with Crippen LogP contribution >= 0.6 is 0 Å². The van der Waals surface area contributed by atoms with Gasteiger partial charge in [0, 0.05) is 74.5 Å². The molecule has 3 fully saturated rings. The second-order valence-electron chi connectivity index (χ2n) is 15.9. The van der Waals surface area contributed by atoms with Crippen molar-refractivity contribution in [2.45, 2.75) is 65.1 Å². The van der Waals surface area contributed by atoms with Crippen LogP contribution in [0.3, 0.4) is 0 Å². The lowest BCUT2D eigenvalue weighted by atomic mass is 9.95. The highest BCUT2D eigenvalue weighted by molar-refractivity contribution is 6.24. The predicted octanol–water partition coefficient (Wildman–Crippen LogP) is 5.37. The van der Waals surface area contributed by atoms with Crippen molar-refractivity contribution in [3.63, 3.8) is 0 Å². The van der Waals surface area contributed by atoms with Crippen LogP contribution in [0.25, 0.3) is 22.3 Å². The van der Waals surface area contributed by atoms with Crippen LogP contribution in [0, 0.1) is 30.3 Å². The Bertz CT molecular complexity index is 2960. The van der Waals surface area contributed by atoms with Crippen LogP contribution in [0.15, 0.2) is 48.8 Å². The molecule has 0 spiro atoms. The van der Waals surface area contributed by atoms with Crippen LogP contribution in [0.2, 0.25) is 0 Å². The number of amides is 4. The Labute approximate surface area is 366 Å². The van der Waals surface area contributed by atoms with Crippen molar-refractivity contribution in [2.75, 3.05) is 55.8 Å². The van der Waals surface area contributed by atoms with Gasteiger partial charge in [-0.1, -0.05) is 6.07 Å². The summed E-state index contributed by atoms with van der Waals surface area (Å²) in [5.74, 6) is -6.19. The van der Waals surface area contributed by atoms with Gasteiger partial charge >= 0.3 is 0 Å². The number of hydrogen-bond donors (Lipinski definition) is 2. The Morgan fingerprint density at radius 2 is 1.65 bits per heavy atom. The zero-order chi connectivity index (χ0) is 50.6. The minimum Gasteiger partial charge on any atom is -0.369 e. The number of likely N-dealkylation sites (tertiary alicyclic amines) is 1. The first kappa shape index (κ1) is 32.4. The molecule has 7 heterocycles. The number of piperidine rings is 2. The molecule has 1 unspecified atom stereocenters. The minimum atomic E-state index is -3.41. The topological polar surface area (TPSA) is 162 Å². The largest absolute Gasteiger partial charge is 0.369 e. The standard InChI is InChI=1S/C44H46F3N11O4/c1-24(2)57-25(3)50-40-32(46)16-28(17-35(40)57)39-33(47)21-49-44(53-39)51-36-6-4-27(20-48-36)23-54-10-8-26(9-11-54)22-55-12-14-56(15-13-55)29-18-30-38(31(45)19-29)43(62)58(42(30)61)34-5-7-37(59)52-41(34)60/h4,6,16-21,24,26,34H,5,7-15,22-23H2,1-3H3,(H,52,59,60)(H,48,49,51,53)/i12D2,13D2,14D2,15D2. The minimum absolute atomic E-state index is 0.0236. The van der Waals surface area contributed by atoms with Crippen molar-refractivity contribution in [3.05, 3.63) is 88.8 Å². The van der Waals surface area contributed by atoms with Crippen LogP contribution in [0.5, 0.6) is 0 Å².